The number of anilines is 1. The van der Waals surface area contributed by atoms with Gasteiger partial charge in [0.25, 0.3) is 5.91 Å². The van der Waals surface area contributed by atoms with Gasteiger partial charge in [0, 0.05) is 11.6 Å². The molecule has 2 aromatic heterocycles. The molecule has 1 aromatic carbocycles. The summed E-state index contributed by atoms with van der Waals surface area (Å²) in [6.07, 6.45) is -1.14. The molecule has 26 heavy (non-hydrogen) atoms. The largest absolute Gasteiger partial charge is 0.466 e. The Bertz CT molecular complexity index is 927. The average Bonchev–Trinajstić information content (AvgIpc) is 3.17. The molecule has 2 heterocycles. The van der Waals surface area contributed by atoms with Gasteiger partial charge in [0.15, 0.2) is 5.82 Å². The van der Waals surface area contributed by atoms with Gasteiger partial charge in [-0.25, -0.2) is 4.79 Å². The summed E-state index contributed by atoms with van der Waals surface area (Å²) in [6.45, 7) is 5.11. The normalized spacial score (nSPS) is 11.8. The van der Waals surface area contributed by atoms with Gasteiger partial charge in [-0.1, -0.05) is 35.5 Å². The minimum absolute atomic E-state index is 0.250. The molecule has 0 aliphatic carbocycles. The summed E-state index contributed by atoms with van der Waals surface area (Å²) in [5, 5.41) is 6.32. The molecule has 3 rings (SSSR count). The average molecular weight is 354 g/mol. The van der Waals surface area contributed by atoms with Crippen molar-refractivity contribution >= 4 is 17.7 Å². The molecule has 0 radical (unpaired) electrons. The fourth-order valence-electron chi connectivity index (χ4n) is 2.52. The molecule has 7 nitrogen and oxygen atoms in total. The second-order valence-corrected chi connectivity index (χ2v) is 5.83. The summed E-state index contributed by atoms with van der Waals surface area (Å²) in [6, 6.07) is 11.9. The maximum atomic E-state index is 12.7. The highest BCUT2D eigenvalue weighted by atomic mass is 16.5. The molecule has 0 spiro atoms. The highest BCUT2D eigenvalue weighted by molar-refractivity contribution is 5.98. The van der Waals surface area contributed by atoms with Gasteiger partial charge in [-0.15, -0.1) is 0 Å². The number of aryl methyl sites for hydroxylation is 3. The lowest BCUT2D eigenvalue weighted by Crippen LogP contribution is -2.26. The first-order valence-electron chi connectivity index (χ1n) is 8.01. The van der Waals surface area contributed by atoms with E-state index in [-0.39, 0.29) is 11.4 Å². The quantitative estimate of drug-likeness (QED) is 0.702. The molecule has 0 aliphatic heterocycles. The summed E-state index contributed by atoms with van der Waals surface area (Å²) >= 11 is 0. The van der Waals surface area contributed by atoms with Crippen molar-refractivity contribution in [3.8, 4) is 0 Å². The van der Waals surface area contributed by atoms with Crippen LogP contribution in [0.15, 0.2) is 51.4 Å². The molecule has 1 N–H and O–H groups in total. The number of rotatable bonds is 5. The van der Waals surface area contributed by atoms with Crippen molar-refractivity contribution in [1.82, 2.24) is 5.16 Å². The van der Waals surface area contributed by atoms with E-state index < -0.39 is 18.0 Å². The Labute approximate surface area is 149 Å². The predicted molar refractivity (Wildman–Crippen MR) is 92.7 cm³/mol. The molecule has 0 bridgehead atoms. The van der Waals surface area contributed by atoms with Gasteiger partial charge in [0.05, 0.1) is 0 Å². The van der Waals surface area contributed by atoms with Gasteiger partial charge in [0.1, 0.15) is 22.8 Å². The molecule has 134 valence electrons. The van der Waals surface area contributed by atoms with Crippen LogP contribution in [0.1, 0.15) is 39.3 Å². The molecular weight excluding hydrogens is 336 g/mol. The van der Waals surface area contributed by atoms with Crippen LogP contribution in [0.3, 0.4) is 0 Å². The van der Waals surface area contributed by atoms with Gasteiger partial charge in [-0.2, -0.15) is 0 Å². The van der Waals surface area contributed by atoms with Crippen molar-refractivity contribution in [2.75, 3.05) is 5.32 Å². The number of nitrogens with one attached hydrogen (secondary N) is 1. The van der Waals surface area contributed by atoms with Crippen LogP contribution in [-0.4, -0.2) is 17.0 Å². The van der Waals surface area contributed by atoms with Crippen molar-refractivity contribution in [1.29, 1.82) is 0 Å². The molecule has 3 aromatic rings. The van der Waals surface area contributed by atoms with E-state index in [0.717, 1.165) is 0 Å². The zero-order valence-corrected chi connectivity index (χ0v) is 14.6. The smallest absolute Gasteiger partial charge is 0.342 e. The van der Waals surface area contributed by atoms with E-state index in [1.807, 2.05) is 6.07 Å². The Balaban J connectivity index is 1.85. The number of hydrogen-bond acceptors (Lipinski definition) is 6. The number of furan rings is 1. The first-order valence-corrected chi connectivity index (χ1v) is 8.01. The number of hydrogen-bond donors (Lipinski definition) is 1. The van der Waals surface area contributed by atoms with Crippen LogP contribution in [0.5, 0.6) is 0 Å². The summed E-state index contributed by atoms with van der Waals surface area (Å²) in [5.74, 6) is 0.661. The van der Waals surface area contributed by atoms with Crippen molar-refractivity contribution in [2.45, 2.75) is 26.9 Å². The zero-order valence-electron chi connectivity index (χ0n) is 14.6. The molecule has 0 saturated heterocycles. The molecule has 0 fully saturated rings. The van der Waals surface area contributed by atoms with Crippen LogP contribution in [0.4, 0.5) is 5.82 Å². The molecule has 0 saturated carbocycles. The summed E-state index contributed by atoms with van der Waals surface area (Å²) in [4.78, 5) is 25.2. The van der Waals surface area contributed by atoms with Crippen LogP contribution >= 0.6 is 0 Å². The van der Waals surface area contributed by atoms with E-state index in [4.69, 9.17) is 13.7 Å². The molecule has 1 amide bonds. The molecular formula is C19H18N2O5. The fraction of sp³-hybridized carbons (Fsp3) is 0.211. The minimum Gasteiger partial charge on any atom is -0.466 e. The van der Waals surface area contributed by atoms with Crippen LogP contribution in [0.2, 0.25) is 0 Å². The lowest BCUT2D eigenvalue weighted by molar-refractivity contribution is -0.125. The summed E-state index contributed by atoms with van der Waals surface area (Å²) < 4.78 is 15.8. The maximum Gasteiger partial charge on any atom is 0.342 e. The zero-order chi connectivity index (χ0) is 18.7. The minimum atomic E-state index is -1.14. The summed E-state index contributed by atoms with van der Waals surface area (Å²) in [5.41, 5.74) is 0.824. The van der Waals surface area contributed by atoms with Gasteiger partial charge in [-0.05, 0) is 26.8 Å². The Morgan fingerprint density at radius 1 is 1.08 bits per heavy atom. The molecule has 0 aliphatic rings. The Kier molecular flexibility index (Phi) is 4.88. The number of carbonyl (C=O) groups excluding carboxylic acids is 2. The third kappa shape index (κ3) is 3.83. The number of carbonyl (C=O) groups is 2. The Morgan fingerprint density at radius 3 is 2.38 bits per heavy atom. The van der Waals surface area contributed by atoms with Crippen molar-refractivity contribution < 1.29 is 23.3 Å². The van der Waals surface area contributed by atoms with Crippen molar-refractivity contribution in [2.24, 2.45) is 0 Å². The second-order valence-electron chi connectivity index (χ2n) is 5.83. The molecule has 1 atom stereocenters. The Morgan fingerprint density at radius 2 is 1.81 bits per heavy atom. The standard InChI is InChI=1S/C19H18N2O5/c1-11-9-15(13(3)24-11)19(23)25-17(14-7-5-4-6-8-14)18(22)20-16-10-12(2)26-21-16/h4-10,17H,1-3H3,(H,20,21,22)/t17-/m0/s1. The van der Waals surface area contributed by atoms with E-state index in [9.17, 15) is 9.59 Å². The Hall–Kier alpha value is -3.35. The number of amides is 1. The number of ether oxygens (including phenoxy) is 1. The van der Waals surface area contributed by atoms with Crippen LogP contribution in [0.25, 0.3) is 0 Å². The third-order valence-electron chi connectivity index (χ3n) is 3.71. The van der Waals surface area contributed by atoms with Crippen molar-refractivity contribution in [3.63, 3.8) is 0 Å². The van der Waals surface area contributed by atoms with E-state index >= 15 is 0 Å². The molecule has 7 heteroatoms. The van der Waals surface area contributed by atoms with E-state index in [0.29, 0.717) is 22.8 Å². The van der Waals surface area contributed by atoms with Gasteiger partial charge in [-0.3, -0.25) is 4.79 Å². The molecule has 0 unspecified atom stereocenters. The van der Waals surface area contributed by atoms with Gasteiger partial charge < -0.3 is 19.0 Å². The number of benzene rings is 1. The van der Waals surface area contributed by atoms with Gasteiger partial charge in [0.2, 0.25) is 6.10 Å². The van der Waals surface area contributed by atoms with Crippen molar-refractivity contribution in [3.05, 3.63) is 70.9 Å². The monoisotopic (exact) mass is 354 g/mol. The SMILES string of the molecule is Cc1cc(NC(=O)[C@@H](OC(=O)c2cc(C)oc2C)c2ccccc2)no1. The third-order valence-corrected chi connectivity index (χ3v) is 3.71. The van der Waals surface area contributed by atoms with Crippen LogP contribution < -0.4 is 5.32 Å². The summed E-state index contributed by atoms with van der Waals surface area (Å²) in [7, 11) is 0. The number of nitrogens with zero attached hydrogens (tertiary/aromatic N) is 1. The highest BCUT2D eigenvalue weighted by Crippen LogP contribution is 2.23. The first-order chi connectivity index (χ1) is 12.4. The van der Waals surface area contributed by atoms with E-state index in [1.165, 1.54) is 0 Å². The van der Waals surface area contributed by atoms with E-state index in [2.05, 4.69) is 10.5 Å². The van der Waals surface area contributed by atoms with Gasteiger partial charge >= 0.3 is 5.97 Å². The van der Waals surface area contributed by atoms with Crippen LogP contribution in [-0.2, 0) is 9.53 Å². The lowest BCUT2D eigenvalue weighted by Gasteiger charge is -2.17. The lowest BCUT2D eigenvalue weighted by atomic mass is 10.1. The highest BCUT2D eigenvalue weighted by Gasteiger charge is 2.28. The fourth-order valence-corrected chi connectivity index (χ4v) is 2.52. The predicted octanol–water partition coefficient (Wildman–Crippen LogP) is 3.73. The second kappa shape index (κ2) is 7.26. The first kappa shape index (κ1) is 17.5. The van der Waals surface area contributed by atoms with Crippen LogP contribution in [0, 0.1) is 20.8 Å². The number of aromatic nitrogens is 1. The topological polar surface area (TPSA) is 94.6 Å². The maximum absolute atomic E-state index is 12.7. The number of esters is 1. The van der Waals surface area contributed by atoms with E-state index in [1.54, 1.807) is 57.2 Å².